The summed E-state index contributed by atoms with van der Waals surface area (Å²) in [6, 6.07) is 5.52. The highest BCUT2D eigenvalue weighted by molar-refractivity contribution is 5.55. The molecule has 0 unspecified atom stereocenters. The van der Waals surface area contributed by atoms with Gasteiger partial charge in [0.15, 0.2) is 0 Å². The first-order valence-electron chi connectivity index (χ1n) is 7.11. The number of nitrogens with zero attached hydrogens (tertiary/aromatic N) is 2. The maximum atomic E-state index is 10.7. The molecule has 0 heterocycles. The van der Waals surface area contributed by atoms with Crippen molar-refractivity contribution in [2.24, 2.45) is 0 Å². The standard InChI is InChI=1S/C15H25N3O2/c1-12(2)17(4)10-6-5-9-16-15-8-7-14(18(19)20)11-13(15)3/h7-8,11-12,16H,5-6,9-10H2,1-4H3. The lowest BCUT2D eigenvalue weighted by Gasteiger charge is -2.20. The molecule has 0 atom stereocenters. The second-order valence-corrected chi connectivity index (χ2v) is 5.46. The van der Waals surface area contributed by atoms with E-state index >= 15 is 0 Å². The van der Waals surface area contributed by atoms with E-state index in [4.69, 9.17) is 0 Å². The van der Waals surface area contributed by atoms with Crippen molar-refractivity contribution < 1.29 is 4.92 Å². The Morgan fingerprint density at radius 2 is 2.05 bits per heavy atom. The van der Waals surface area contributed by atoms with Crippen molar-refractivity contribution in [2.45, 2.75) is 39.7 Å². The van der Waals surface area contributed by atoms with E-state index in [1.165, 1.54) is 0 Å². The summed E-state index contributed by atoms with van der Waals surface area (Å²) >= 11 is 0. The molecule has 0 bridgehead atoms. The van der Waals surface area contributed by atoms with Crippen LogP contribution in [0.1, 0.15) is 32.3 Å². The molecule has 5 heteroatoms. The van der Waals surface area contributed by atoms with Gasteiger partial charge < -0.3 is 10.2 Å². The van der Waals surface area contributed by atoms with E-state index in [9.17, 15) is 10.1 Å². The van der Waals surface area contributed by atoms with Crippen LogP contribution in [0.5, 0.6) is 0 Å². The number of hydrogen-bond donors (Lipinski definition) is 1. The Hall–Kier alpha value is -1.62. The number of non-ortho nitro benzene ring substituents is 1. The molecule has 20 heavy (non-hydrogen) atoms. The molecule has 0 aliphatic heterocycles. The summed E-state index contributed by atoms with van der Waals surface area (Å²) in [5.41, 5.74) is 2.04. The van der Waals surface area contributed by atoms with E-state index in [-0.39, 0.29) is 10.6 Å². The number of anilines is 1. The van der Waals surface area contributed by atoms with Gasteiger partial charge in [0, 0.05) is 30.4 Å². The first kappa shape index (κ1) is 16.4. The number of benzene rings is 1. The van der Waals surface area contributed by atoms with Crippen LogP contribution in [-0.2, 0) is 0 Å². The van der Waals surface area contributed by atoms with Gasteiger partial charge in [-0.05, 0) is 58.8 Å². The third kappa shape index (κ3) is 5.17. The molecule has 0 aliphatic carbocycles. The van der Waals surface area contributed by atoms with Crippen molar-refractivity contribution in [3.63, 3.8) is 0 Å². The Morgan fingerprint density at radius 1 is 1.35 bits per heavy atom. The summed E-state index contributed by atoms with van der Waals surface area (Å²) in [5, 5.41) is 14.0. The normalized spacial score (nSPS) is 11.1. The Morgan fingerprint density at radius 3 is 2.60 bits per heavy atom. The van der Waals surface area contributed by atoms with Gasteiger partial charge in [0.25, 0.3) is 5.69 Å². The van der Waals surface area contributed by atoms with Crippen LogP contribution in [0.15, 0.2) is 18.2 Å². The Kier molecular flexibility index (Phi) is 6.45. The smallest absolute Gasteiger partial charge is 0.269 e. The van der Waals surface area contributed by atoms with Crippen LogP contribution in [-0.4, -0.2) is 36.0 Å². The minimum atomic E-state index is -0.363. The number of nitro benzene ring substituents is 1. The maximum Gasteiger partial charge on any atom is 0.269 e. The van der Waals surface area contributed by atoms with Gasteiger partial charge in [-0.1, -0.05) is 0 Å². The molecule has 0 saturated heterocycles. The van der Waals surface area contributed by atoms with E-state index in [1.807, 2.05) is 6.92 Å². The summed E-state index contributed by atoms with van der Waals surface area (Å²) in [7, 11) is 2.14. The van der Waals surface area contributed by atoms with Gasteiger partial charge >= 0.3 is 0 Å². The zero-order valence-electron chi connectivity index (χ0n) is 12.8. The van der Waals surface area contributed by atoms with Crippen molar-refractivity contribution in [1.29, 1.82) is 0 Å². The molecule has 0 aliphatic rings. The van der Waals surface area contributed by atoms with E-state index in [2.05, 4.69) is 31.1 Å². The molecule has 0 spiro atoms. The molecule has 0 aromatic heterocycles. The molecule has 1 N–H and O–H groups in total. The third-order valence-electron chi connectivity index (χ3n) is 3.56. The van der Waals surface area contributed by atoms with Crippen LogP contribution >= 0.6 is 0 Å². The molecular weight excluding hydrogens is 254 g/mol. The first-order chi connectivity index (χ1) is 9.41. The summed E-state index contributed by atoms with van der Waals surface area (Å²) in [6.45, 7) is 8.27. The van der Waals surface area contributed by atoms with Gasteiger partial charge in [-0.3, -0.25) is 10.1 Å². The van der Waals surface area contributed by atoms with Crippen molar-refractivity contribution >= 4 is 11.4 Å². The molecule has 0 fully saturated rings. The zero-order valence-corrected chi connectivity index (χ0v) is 12.8. The van der Waals surface area contributed by atoms with Crippen LogP contribution in [0, 0.1) is 17.0 Å². The average Bonchev–Trinajstić information content (AvgIpc) is 2.39. The lowest BCUT2D eigenvalue weighted by Crippen LogP contribution is -2.27. The lowest BCUT2D eigenvalue weighted by atomic mass is 10.1. The molecule has 0 amide bonds. The van der Waals surface area contributed by atoms with Gasteiger partial charge in [-0.2, -0.15) is 0 Å². The third-order valence-corrected chi connectivity index (χ3v) is 3.56. The Balaban J connectivity index is 2.34. The monoisotopic (exact) mass is 279 g/mol. The summed E-state index contributed by atoms with van der Waals surface area (Å²) in [5.74, 6) is 0. The largest absolute Gasteiger partial charge is 0.385 e. The fourth-order valence-corrected chi connectivity index (χ4v) is 1.93. The number of nitro groups is 1. The van der Waals surface area contributed by atoms with Gasteiger partial charge in [0.2, 0.25) is 0 Å². The number of rotatable bonds is 8. The quantitative estimate of drug-likeness (QED) is 0.450. The van der Waals surface area contributed by atoms with Crippen molar-refractivity contribution in [2.75, 3.05) is 25.5 Å². The van der Waals surface area contributed by atoms with Crippen molar-refractivity contribution in [3.05, 3.63) is 33.9 Å². The van der Waals surface area contributed by atoms with E-state index in [0.717, 1.165) is 37.2 Å². The Bertz CT molecular complexity index is 447. The fourth-order valence-electron chi connectivity index (χ4n) is 1.93. The van der Waals surface area contributed by atoms with Gasteiger partial charge in [-0.25, -0.2) is 0 Å². The SMILES string of the molecule is Cc1cc([N+](=O)[O-])ccc1NCCCCN(C)C(C)C. The predicted molar refractivity (Wildman–Crippen MR) is 83.3 cm³/mol. The number of aryl methyl sites for hydroxylation is 1. The molecular formula is C15H25N3O2. The molecule has 1 aromatic rings. The lowest BCUT2D eigenvalue weighted by molar-refractivity contribution is -0.384. The van der Waals surface area contributed by atoms with Crippen LogP contribution < -0.4 is 5.32 Å². The van der Waals surface area contributed by atoms with Gasteiger partial charge in [0.05, 0.1) is 4.92 Å². The van der Waals surface area contributed by atoms with Crippen LogP contribution in [0.3, 0.4) is 0 Å². The summed E-state index contributed by atoms with van der Waals surface area (Å²) < 4.78 is 0. The van der Waals surface area contributed by atoms with Crippen LogP contribution in [0.25, 0.3) is 0 Å². The Labute approximate surface area is 121 Å². The number of unbranched alkanes of at least 4 members (excludes halogenated alkanes) is 1. The van der Waals surface area contributed by atoms with Gasteiger partial charge in [-0.15, -0.1) is 0 Å². The van der Waals surface area contributed by atoms with Gasteiger partial charge in [0.1, 0.15) is 0 Å². The first-order valence-corrected chi connectivity index (χ1v) is 7.11. The van der Waals surface area contributed by atoms with E-state index in [0.29, 0.717) is 6.04 Å². The minimum Gasteiger partial charge on any atom is -0.385 e. The minimum absolute atomic E-state index is 0.145. The number of nitrogens with one attached hydrogen (secondary N) is 1. The molecule has 112 valence electrons. The zero-order chi connectivity index (χ0) is 15.1. The predicted octanol–water partition coefficient (Wildman–Crippen LogP) is 3.44. The second-order valence-electron chi connectivity index (χ2n) is 5.46. The van der Waals surface area contributed by atoms with Crippen LogP contribution in [0.2, 0.25) is 0 Å². The van der Waals surface area contributed by atoms with Crippen LogP contribution in [0.4, 0.5) is 11.4 Å². The highest BCUT2D eigenvalue weighted by Crippen LogP contribution is 2.21. The highest BCUT2D eigenvalue weighted by Gasteiger charge is 2.07. The number of hydrogen-bond acceptors (Lipinski definition) is 4. The molecule has 0 radical (unpaired) electrons. The topological polar surface area (TPSA) is 58.4 Å². The van der Waals surface area contributed by atoms with E-state index < -0.39 is 0 Å². The molecule has 5 nitrogen and oxygen atoms in total. The van der Waals surface area contributed by atoms with Crippen molar-refractivity contribution in [1.82, 2.24) is 4.90 Å². The summed E-state index contributed by atoms with van der Waals surface area (Å²) in [6.07, 6.45) is 2.24. The highest BCUT2D eigenvalue weighted by atomic mass is 16.6. The van der Waals surface area contributed by atoms with E-state index in [1.54, 1.807) is 18.2 Å². The second kappa shape index (κ2) is 7.85. The summed E-state index contributed by atoms with van der Waals surface area (Å²) in [4.78, 5) is 12.6. The maximum absolute atomic E-state index is 10.7. The molecule has 0 saturated carbocycles. The molecule has 1 rings (SSSR count). The fraction of sp³-hybridized carbons (Fsp3) is 0.600. The molecule has 1 aromatic carbocycles. The average molecular weight is 279 g/mol. The van der Waals surface area contributed by atoms with Crippen molar-refractivity contribution in [3.8, 4) is 0 Å².